The van der Waals surface area contributed by atoms with E-state index >= 15 is 0 Å². The van der Waals surface area contributed by atoms with Crippen LogP contribution in [0.2, 0.25) is 0 Å². The van der Waals surface area contributed by atoms with Gasteiger partial charge in [0, 0.05) is 30.9 Å². The average Bonchev–Trinajstić information content (AvgIpc) is 2.63. The summed E-state index contributed by atoms with van der Waals surface area (Å²) in [6, 6.07) is 1.70. The number of hydrogen-bond acceptors (Lipinski definition) is 6. The molecule has 31 heavy (non-hydrogen) atoms. The number of hydrogen-bond donors (Lipinski definition) is 1. The fraction of sp³-hybridized carbons (Fsp3) is 0.609. The highest BCUT2D eigenvalue weighted by molar-refractivity contribution is 5.84. The van der Waals surface area contributed by atoms with Crippen molar-refractivity contribution in [2.45, 2.75) is 72.5 Å². The van der Waals surface area contributed by atoms with Crippen molar-refractivity contribution in [2.75, 3.05) is 25.0 Å². The highest BCUT2D eigenvalue weighted by Crippen LogP contribution is 2.32. The molecule has 0 unspecified atom stereocenters. The van der Waals surface area contributed by atoms with E-state index in [0.29, 0.717) is 37.7 Å². The molecule has 2 amide bonds. The minimum atomic E-state index is -0.599. The number of aromatic nitrogens is 1. The topological polar surface area (TPSA) is 90.0 Å². The van der Waals surface area contributed by atoms with Crippen molar-refractivity contribution in [1.29, 1.82) is 0 Å². The molecule has 1 N–H and O–H groups in total. The van der Waals surface area contributed by atoms with Gasteiger partial charge in [0.05, 0.1) is 6.61 Å². The lowest BCUT2D eigenvalue weighted by molar-refractivity contribution is 0.0270. The Balaban J connectivity index is 2.16. The van der Waals surface area contributed by atoms with Crippen LogP contribution in [0.5, 0.6) is 5.75 Å². The van der Waals surface area contributed by atoms with Crippen LogP contribution < -0.4 is 10.1 Å². The smallest absolute Gasteiger partial charge is 0.413 e. The summed E-state index contributed by atoms with van der Waals surface area (Å²) < 4.78 is 16.7. The van der Waals surface area contributed by atoms with E-state index in [2.05, 4.69) is 10.3 Å². The van der Waals surface area contributed by atoms with Crippen LogP contribution in [0.1, 0.15) is 66.9 Å². The fourth-order valence-electron chi connectivity index (χ4n) is 2.89. The standard InChI is InChI=1S/C23H35N3O5/c1-8-13-29-18-14-19(25-20(27)30-22(2,3)4)24-15-17(18)16-9-11-26(12-10-16)21(28)31-23(5,6)7/h9,14-15H,8,10-13H2,1-7H3,(H,24,25,27). The molecule has 1 aliphatic heterocycles. The Morgan fingerprint density at radius 2 is 1.81 bits per heavy atom. The van der Waals surface area contributed by atoms with Crippen LogP contribution in [0.4, 0.5) is 15.4 Å². The molecule has 1 aromatic rings. The van der Waals surface area contributed by atoms with E-state index in [1.54, 1.807) is 37.9 Å². The van der Waals surface area contributed by atoms with Crippen molar-refractivity contribution < 1.29 is 23.8 Å². The monoisotopic (exact) mass is 433 g/mol. The molecule has 0 aliphatic carbocycles. The third-order valence-electron chi connectivity index (χ3n) is 4.16. The number of nitrogens with zero attached hydrogens (tertiary/aromatic N) is 2. The maximum absolute atomic E-state index is 12.3. The van der Waals surface area contributed by atoms with E-state index in [-0.39, 0.29) is 6.09 Å². The third kappa shape index (κ3) is 8.11. The van der Waals surface area contributed by atoms with E-state index in [4.69, 9.17) is 14.2 Å². The van der Waals surface area contributed by atoms with Crippen LogP contribution in [0.3, 0.4) is 0 Å². The molecule has 0 aromatic carbocycles. The number of anilines is 1. The Morgan fingerprint density at radius 3 is 2.35 bits per heavy atom. The Labute approximate surface area is 184 Å². The van der Waals surface area contributed by atoms with Crippen LogP contribution >= 0.6 is 0 Å². The Hall–Kier alpha value is -2.77. The second-order valence-electron chi connectivity index (χ2n) is 9.45. The molecule has 0 spiro atoms. The minimum Gasteiger partial charge on any atom is -0.493 e. The normalized spacial score (nSPS) is 14.5. The van der Waals surface area contributed by atoms with Gasteiger partial charge in [0.15, 0.2) is 0 Å². The Bertz CT molecular complexity index is 821. The molecular weight excluding hydrogens is 398 g/mol. The molecule has 0 bridgehead atoms. The van der Waals surface area contributed by atoms with E-state index in [1.165, 1.54) is 0 Å². The first kappa shape index (κ1) is 24.5. The van der Waals surface area contributed by atoms with Crippen LogP contribution in [-0.4, -0.2) is 53.0 Å². The summed E-state index contributed by atoms with van der Waals surface area (Å²) in [5.74, 6) is 0.996. The van der Waals surface area contributed by atoms with Gasteiger partial charge in [0.25, 0.3) is 0 Å². The van der Waals surface area contributed by atoms with Crippen molar-refractivity contribution in [3.05, 3.63) is 23.9 Å². The van der Waals surface area contributed by atoms with Gasteiger partial charge in [-0.15, -0.1) is 0 Å². The summed E-state index contributed by atoms with van der Waals surface area (Å²) in [5, 5.41) is 2.65. The summed E-state index contributed by atoms with van der Waals surface area (Å²) >= 11 is 0. The zero-order valence-corrected chi connectivity index (χ0v) is 19.7. The van der Waals surface area contributed by atoms with Crippen LogP contribution in [0.25, 0.3) is 5.57 Å². The van der Waals surface area contributed by atoms with Gasteiger partial charge < -0.3 is 19.1 Å². The second kappa shape index (κ2) is 10.0. The number of pyridine rings is 1. The molecular formula is C23H35N3O5. The summed E-state index contributed by atoms with van der Waals surface area (Å²) in [7, 11) is 0. The van der Waals surface area contributed by atoms with E-state index in [0.717, 1.165) is 17.6 Å². The second-order valence-corrected chi connectivity index (χ2v) is 9.45. The molecule has 0 saturated carbocycles. The Morgan fingerprint density at radius 1 is 1.13 bits per heavy atom. The van der Waals surface area contributed by atoms with E-state index in [1.807, 2.05) is 33.8 Å². The first-order chi connectivity index (χ1) is 14.4. The van der Waals surface area contributed by atoms with Crippen LogP contribution in [-0.2, 0) is 9.47 Å². The van der Waals surface area contributed by atoms with Crippen LogP contribution in [0.15, 0.2) is 18.3 Å². The van der Waals surface area contributed by atoms with Gasteiger partial charge in [-0.2, -0.15) is 0 Å². The molecule has 1 aromatic heterocycles. The lowest BCUT2D eigenvalue weighted by Gasteiger charge is -2.30. The van der Waals surface area contributed by atoms with Crippen molar-refractivity contribution >= 4 is 23.6 Å². The van der Waals surface area contributed by atoms with Gasteiger partial charge in [-0.1, -0.05) is 13.0 Å². The predicted molar refractivity (Wildman–Crippen MR) is 120 cm³/mol. The van der Waals surface area contributed by atoms with Gasteiger partial charge in [0.2, 0.25) is 0 Å². The minimum absolute atomic E-state index is 0.319. The van der Waals surface area contributed by atoms with Crippen molar-refractivity contribution in [1.82, 2.24) is 9.88 Å². The Kier molecular flexibility index (Phi) is 7.92. The van der Waals surface area contributed by atoms with Crippen molar-refractivity contribution in [2.24, 2.45) is 0 Å². The molecule has 0 fully saturated rings. The summed E-state index contributed by atoms with van der Waals surface area (Å²) in [6.07, 6.45) is 4.29. The van der Waals surface area contributed by atoms with Gasteiger partial charge >= 0.3 is 12.2 Å². The zero-order valence-electron chi connectivity index (χ0n) is 19.7. The number of carbonyl (C=O) groups excluding carboxylic acids is 2. The highest BCUT2D eigenvalue weighted by Gasteiger charge is 2.25. The number of amides is 2. The summed E-state index contributed by atoms with van der Waals surface area (Å²) in [4.78, 5) is 30.4. The van der Waals surface area contributed by atoms with Gasteiger partial charge in [0.1, 0.15) is 22.8 Å². The summed E-state index contributed by atoms with van der Waals surface area (Å²) in [6.45, 7) is 14.5. The maximum Gasteiger partial charge on any atom is 0.413 e. The molecule has 1 aliphatic rings. The van der Waals surface area contributed by atoms with E-state index in [9.17, 15) is 9.59 Å². The fourth-order valence-corrected chi connectivity index (χ4v) is 2.89. The third-order valence-corrected chi connectivity index (χ3v) is 4.16. The highest BCUT2D eigenvalue weighted by atomic mass is 16.6. The summed E-state index contributed by atoms with van der Waals surface area (Å²) in [5.41, 5.74) is 0.774. The lowest BCUT2D eigenvalue weighted by atomic mass is 10.0. The quantitative estimate of drug-likeness (QED) is 0.683. The molecule has 0 radical (unpaired) electrons. The molecule has 0 saturated heterocycles. The van der Waals surface area contributed by atoms with Crippen molar-refractivity contribution in [3.63, 3.8) is 0 Å². The average molecular weight is 434 g/mol. The van der Waals surface area contributed by atoms with Gasteiger partial charge in [-0.05, 0) is 60.0 Å². The number of rotatable bonds is 5. The predicted octanol–water partition coefficient (Wildman–Crippen LogP) is 5.24. The molecule has 2 rings (SSSR count). The number of ether oxygens (including phenoxy) is 3. The van der Waals surface area contributed by atoms with Crippen LogP contribution in [0, 0.1) is 0 Å². The lowest BCUT2D eigenvalue weighted by Crippen LogP contribution is -2.39. The van der Waals surface area contributed by atoms with Gasteiger partial charge in [-0.25, -0.2) is 14.6 Å². The first-order valence-corrected chi connectivity index (χ1v) is 10.7. The molecule has 0 atom stereocenters. The molecule has 8 heteroatoms. The van der Waals surface area contributed by atoms with Gasteiger partial charge in [-0.3, -0.25) is 5.32 Å². The molecule has 8 nitrogen and oxygen atoms in total. The first-order valence-electron chi connectivity index (χ1n) is 10.7. The maximum atomic E-state index is 12.3. The molecule has 2 heterocycles. The largest absolute Gasteiger partial charge is 0.493 e. The SMILES string of the molecule is CCCOc1cc(NC(=O)OC(C)(C)C)ncc1C1=CCN(C(=O)OC(C)(C)C)CC1. The number of nitrogens with one attached hydrogen (secondary N) is 1. The van der Waals surface area contributed by atoms with Crippen molar-refractivity contribution in [3.8, 4) is 5.75 Å². The number of carbonyl (C=O) groups is 2. The zero-order chi connectivity index (χ0) is 23.2. The molecule has 172 valence electrons. The van der Waals surface area contributed by atoms with E-state index < -0.39 is 17.3 Å².